The summed E-state index contributed by atoms with van der Waals surface area (Å²) in [6.45, 7) is 1.56. The van der Waals surface area contributed by atoms with Crippen molar-refractivity contribution in [3.8, 4) is 5.75 Å². The van der Waals surface area contributed by atoms with E-state index in [0.717, 1.165) is 25.1 Å². The van der Waals surface area contributed by atoms with E-state index < -0.39 is 0 Å². The molecule has 0 atom stereocenters. The van der Waals surface area contributed by atoms with Gasteiger partial charge in [0.15, 0.2) is 12.4 Å². The maximum atomic E-state index is 6.38. The maximum Gasteiger partial charge on any atom is 0.169 e. The van der Waals surface area contributed by atoms with Gasteiger partial charge in [-0.2, -0.15) is 0 Å². The quantitative estimate of drug-likeness (QED) is 0.295. The van der Waals surface area contributed by atoms with E-state index in [0.29, 0.717) is 6.61 Å². The molecule has 162 valence electrons. The smallest absolute Gasteiger partial charge is 0.169 e. The van der Waals surface area contributed by atoms with Gasteiger partial charge in [-0.25, -0.2) is 4.57 Å². The summed E-state index contributed by atoms with van der Waals surface area (Å²) in [6.07, 6.45) is 6.36. The van der Waals surface area contributed by atoms with Gasteiger partial charge in [-0.05, 0) is 40.8 Å². The molecule has 32 heavy (non-hydrogen) atoms. The fraction of sp³-hybridized carbons (Fsp3) is 0.207. The third kappa shape index (κ3) is 6.05. The molecular weight excluding hydrogens is 394 g/mol. The molecule has 0 fully saturated rings. The van der Waals surface area contributed by atoms with Gasteiger partial charge in [-0.3, -0.25) is 0 Å². The summed E-state index contributed by atoms with van der Waals surface area (Å²) in [7, 11) is 1.70. The molecule has 1 aromatic heterocycles. The van der Waals surface area contributed by atoms with Crippen LogP contribution in [0.2, 0.25) is 0 Å². The van der Waals surface area contributed by atoms with Crippen LogP contribution in [0, 0.1) is 0 Å². The number of aromatic nitrogens is 1. The number of nitrogens with zero attached hydrogens (tertiary/aromatic N) is 1. The summed E-state index contributed by atoms with van der Waals surface area (Å²) < 4.78 is 13.8. The van der Waals surface area contributed by atoms with Crippen molar-refractivity contribution in [3.05, 3.63) is 132 Å². The fourth-order valence-electron chi connectivity index (χ4n) is 3.81. The Bertz CT molecular complexity index is 1020. The molecule has 0 amide bonds. The Kier molecular flexibility index (Phi) is 7.67. The molecule has 0 aliphatic rings. The second-order valence-corrected chi connectivity index (χ2v) is 7.91. The number of ether oxygens (including phenoxy) is 2. The summed E-state index contributed by atoms with van der Waals surface area (Å²) in [6, 6.07) is 33.4. The predicted octanol–water partition coefficient (Wildman–Crippen LogP) is 5.92. The summed E-state index contributed by atoms with van der Waals surface area (Å²) in [4.78, 5) is 0. The highest BCUT2D eigenvalue weighted by Crippen LogP contribution is 2.26. The largest absolute Gasteiger partial charge is 0.497 e. The first-order valence-electron chi connectivity index (χ1n) is 11.1. The minimum atomic E-state index is -0.0748. The molecule has 0 spiro atoms. The van der Waals surface area contributed by atoms with E-state index in [1.54, 1.807) is 7.11 Å². The first-order valence-corrected chi connectivity index (χ1v) is 11.1. The van der Waals surface area contributed by atoms with Crippen LogP contribution in [-0.2, 0) is 24.3 Å². The van der Waals surface area contributed by atoms with Gasteiger partial charge in [0, 0.05) is 18.6 Å². The Morgan fingerprint density at radius 2 is 1.28 bits per heavy atom. The monoisotopic (exact) mass is 424 g/mol. The highest BCUT2D eigenvalue weighted by Gasteiger charge is 2.14. The van der Waals surface area contributed by atoms with Crippen molar-refractivity contribution in [1.29, 1.82) is 0 Å². The standard InChI is InChI=1S/C29H30NO2/c1-31-28-16-14-24(15-17-28)9-8-20-30-21-18-25(19-22-30)23-32-29(26-10-4-2-5-11-26)27-12-6-3-7-13-27/h2-7,10-19,21-22,29H,8-9,20,23H2,1H3/q+1. The number of methoxy groups -OCH3 is 1. The molecule has 1 heterocycles. The third-order valence-electron chi connectivity index (χ3n) is 5.62. The molecule has 0 saturated heterocycles. The zero-order valence-electron chi connectivity index (χ0n) is 18.6. The van der Waals surface area contributed by atoms with Gasteiger partial charge < -0.3 is 9.47 Å². The van der Waals surface area contributed by atoms with Crippen molar-refractivity contribution < 1.29 is 14.0 Å². The van der Waals surface area contributed by atoms with E-state index >= 15 is 0 Å². The van der Waals surface area contributed by atoms with Crippen LogP contribution in [0.15, 0.2) is 109 Å². The van der Waals surface area contributed by atoms with E-state index in [4.69, 9.17) is 9.47 Å². The van der Waals surface area contributed by atoms with Gasteiger partial charge in [0.2, 0.25) is 0 Å². The fourth-order valence-corrected chi connectivity index (χ4v) is 3.81. The molecule has 4 aromatic rings. The van der Waals surface area contributed by atoms with Crippen molar-refractivity contribution in [2.45, 2.75) is 32.1 Å². The molecular formula is C29H30NO2+. The van der Waals surface area contributed by atoms with Gasteiger partial charge in [0.1, 0.15) is 18.4 Å². The highest BCUT2D eigenvalue weighted by molar-refractivity contribution is 5.30. The molecule has 0 saturated carbocycles. The van der Waals surface area contributed by atoms with Crippen molar-refractivity contribution in [3.63, 3.8) is 0 Å². The van der Waals surface area contributed by atoms with Crippen LogP contribution in [0.3, 0.4) is 0 Å². The Morgan fingerprint density at radius 1 is 0.688 bits per heavy atom. The second-order valence-electron chi connectivity index (χ2n) is 7.91. The Balaban J connectivity index is 1.32. The second kappa shape index (κ2) is 11.3. The number of hydrogen-bond donors (Lipinski definition) is 0. The third-order valence-corrected chi connectivity index (χ3v) is 5.62. The minimum Gasteiger partial charge on any atom is -0.497 e. The minimum absolute atomic E-state index is 0.0748. The molecule has 0 aliphatic carbocycles. The summed E-state index contributed by atoms with van der Waals surface area (Å²) in [5.41, 5.74) is 4.85. The molecule has 0 N–H and O–H groups in total. The van der Waals surface area contributed by atoms with Gasteiger partial charge in [0.25, 0.3) is 0 Å². The molecule has 0 bridgehead atoms. The average Bonchev–Trinajstić information content (AvgIpc) is 2.87. The lowest BCUT2D eigenvalue weighted by Gasteiger charge is -2.19. The normalized spacial score (nSPS) is 10.9. The molecule has 3 aromatic carbocycles. The Hall–Kier alpha value is -3.43. The molecule has 0 unspecified atom stereocenters. The van der Waals surface area contributed by atoms with Crippen LogP contribution in [0.25, 0.3) is 0 Å². The first-order chi connectivity index (χ1) is 15.8. The van der Waals surface area contributed by atoms with Crippen molar-refractivity contribution in [2.24, 2.45) is 0 Å². The van der Waals surface area contributed by atoms with Crippen molar-refractivity contribution >= 4 is 0 Å². The molecule has 0 aliphatic heterocycles. The van der Waals surface area contributed by atoms with Crippen LogP contribution in [0.1, 0.15) is 34.8 Å². The number of pyridine rings is 1. The van der Waals surface area contributed by atoms with E-state index in [1.807, 2.05) is 24.3 Å². The van der Waals surface area contributed by atoms with Crippen LogP contribution in [0.4, 0.5) is 0 Å². The van der Waals surface area contributed by atoms with Crippen LogP contribution in [-0.4, -0.2) is 7.11 Å². The maximum absolute atomic E-state index is 6.38. The topological polar surface area (TPSA) is 22.3 Å². The highest BCUT2D eigenvalue weighted by atomic mass is 16.5. The zero-order chi connectivity index (χ0) is 22.0. The van der Waals surface area contributed by atoms with E-state index in [9.17, 15) is 0 Å². The molecule has 4 rings (SSSR count). The van der Waals surface area contributed by atoms with Crippen molar-refractivity contribution in [2.75, 3.05) is 7.11 Å². The lowest BCUT2D eigenvalue weighted by Crippen LogP contribution is -2.32. The lowest BCUT2D eigenvalue weighted by molar-refractivity contribution is -0.697. The van der Waals surface area contributed by atoms with E-state index in [-0.39, 0.29) is 6.10 Å². The van der Waals surface area contributed by atoms with Gasteiger partial charge in [-0.1, -0.05) is 72.8 Å². The van der Waals surface area contributed by atoms with Crippen LogP contribution in [0.5, 0.6) is 5.75 Å². The summed E-state index contributed by atoms with van der Waals surface area (Å²) >= 11 is 0. The SMILES string of the molecule is COc1ccc(CCC[n+]2ccc(COC(c3ccccc3)c3ccccc3)cc2)cc1. The lowest BCUT2D eigenvalue weighted by atomic mass is 10.0. The summed E-state index contributed by atoms with van der Waals surface area (Å²) in [5, 5.41) is 0. The van der Waals surface area contributed by atoms with Crippen LogP contribution >= 0.6 is 0 Å². The first kappa shape index (κ1) is 21.8. The van der Waals surface area contributed by atoms with Crippen molar-refractivity contribution in [1.82, 2.24) is 0 Å². The average molecular weight is 425 g/mol. The van der Waals surface area contributed by atoms with Gasteiger partial charge in [0.05, 0.1) is 13.7 Å². The number of rotatable bonds is 10. The van der Waals surface area contributed by atoms with E-state index in [1.165, 1.54) is 22.3 Å². The van der Waals surface area contributed by atoms with Gasteiger partial charge in [-0.15, -0.1) is 0 Å². The Morgan fingerprint density at radius 3 is 1.84 bits per heavy atom. The number of hydrogen-bond acceptors (Lipinski definition) is 2. The van der Waals surface area contributed by atoms with E-state index in [2.05, 4.69) is 89.8 Å². The molecule has 3 nitrogen and oxygen atoms in total. The predicted molar refractivity (Wildman–Crippen MR) is 127 cm³/mol. The zero-order valence-corrected chi connectivity index (χ0v) is 18.6. The molecule has 0 radical (unpaired) electrons. The van der Waals surface area contributed by atoms with Gasteiger partial charge >= 0.3 is 0 Å². The Labute approximate surface area is 190 Å². The number of aryl methyl sites for hydroxylation is 2. The number of benzene rings is 3. The summed E-state index contributed by atoms with van der Waals surface area (Å²) in [5.74, 6) is 0.905. The molecule has 3 heteroatoms. The van der Waals surface area contributed by atoms with Crippen LogP contribution < -0.4 is 9.30 Å².